The molecule has 1 amide bonds. The fourth-order valence-corrected chi connectivity index (χ4v) is 2.93. The van der Waals surface area contributed by atoms with E-state index in [9.17, 15) is 13.2 Å². The predicted octanol–water partition coefficient (Wildman–Crippen LogP) is 2.94. The van der Waals surface area contributed by atoms with Crippen LogP contribution in [0.1, 0.15) is 32.8 Å². The maximum Gasteiger partial charge on any atom is 0.424 e. The average Bonchev–Trinajstić information content (AvgIpc) is 2.37. The number of ether oxygens (including phenoxy) is 1. The Morgan fingerprint density at radius 2 is 1.82 bits per heavy atom. The summed E-state index contributed by atoms with van der Waals surface area (Å²) in [6.07, 6.45) is 4.37. The second kappa shape index (κ2) is 6.84. The van der Waals surface area contributed by atoms with Gasteiger partial charge in [-0.15, -0.1) is 12.3 Å². The van der Waals surface area contributed by atoms with E-state index < -0.39 is 21.7 Å². The standard InChI is InChI=1S/C16H21NO4S/c1-6-7-12-17(15(18)21-16(3,4)5)22(19,20)14-10-8-13(2)9-11-14/h1,8-11H,7,12H2,2-5H3. The van der Waals surface area contributed by atoms with Crippen molar-refractivity contribution in [3.63, 3.8) is 0 Å². The van der Waals surface area contributed by atoms with E-state index in [0.717, 1.165) is 5.56 Å². The van der Waals surface area contributed by atoms with E-state index in [1.54, 1.807) is 32.9 Å². The zero-order chi connectivity index (χ0) is 17.0. The Labute approximate surface area is 132 Å². The summed E-state index contributed by atoms with van der Waals surface area (Å²) in [5, 5.41) is 0. The minimum atomic E-state index is -4.00. The maximum absolute atomic E-state index is 12.6. The van der Waals surface area contributed by atoms with Crippen LogP contribution in [0.3, 0.4) is 0 Å². The Morgan fingerprint density at radius 3 is 2.27 bits per heavy atom. The number of terminal acetylenes is 1. The number of nitrogens with zero attached hydrogens (tertiary/aromatic N) is 1. The van der Waals surface area contributed by atoms with E-state index in [1.807, 2.05) is 6.92 Å². The third kappa shape index (κ3) is 4.78. The molecule has 0 unspecified atom stereocenters. The molecule has 0 radical (unpaired) electrons. The largest absolute Gasteiger partial charge is 0.443 e. The predicted molar refractivity (Wildman–Crippen MR) is 84.8 cm³/mol. The lowest BCUT2D eigenvalue weighted by molar-refractivity contribution is 0.0393. The van der Waals surface area contributed by atoms with Crippen LogP contribution in [0.2, 0.25) is 0 Å². The van der Waals surface area contributed by atoms with Gasteiger partial charge in [-0.25, -0.2) is 13.2 Å². The molecule has 0 aliphatic rings. The number of benzene rings is 1. The van der Waals surface area contributed by atoms with Crippen LogP contribution in [0.4, 0.5) is 4.79 Å². The summed E-state index contributed by atoms with van der Waals surface area (Å²) < 4.78 is 31.1. The highest BCUT2D eigenvalue weighted by Crippen LogP contribution is 2.20. The smallest absolute Gasteiger partial charge is 0.424 e. The summed E-state index contributed by atoms with van der Waals surface area (Å²) in [6, 6.07) is 6.25. The van der Waals surface area contributed by atoms with Gasteiger partial charge >= 0.3 is 6.09 Å². The van der Waals surface area contributed by atoms with Crippen molar-refractivity contribution in [1.82, 2.24) is 4.31 Å². The molecular formula is C16H21NO4S. The van der Waals surface area contributed by atoms with Crippen LogP contribution < -0.4 is 0 Å². The monoisotopic (exact) mass is 323 g/mol. The molecule has 0 atom stereocenters. The van der Waals surface area contributed by atoms with E-state index in [-0.39, 0.29) is 17.9 Å². The topological polar surface area (TPSA) is 63.7 Å². The van der Waals surface area contributed by atoms with Crippen LogP contribution in [-0.4, -0.2) is 31.0 Å². The number of carbonyl (C=O) groups excluding carboxylic acids is 1. The molecule has 0 heterocycles. The van der Waals surface area contributed by atoms with Crippen LogP contribution in [0.15, 0.2) is 29.2 Å². The Kier molecular flexibility index (Phi) is 5.61. The molecule has 120 valence electrons. The molecule has 1 aromatic carbocycles. The summed E-state index contributed by atoms with van der Waals surface area (Å²) in [7, 11) is -4.00. The normalized spacial score (nSPS) is 11.6. The summed E-state index contributed by atoms with van der Waals surface area (Å²) >= 11 is 0. The Hall–Kier alpha value is -2.00. The first-order valence-electron chi connectivity index (χ1n) is 6.84. The molecular weight excluding hydrogens is 302 g/mol. The zero-order valence-corrected chi connectivity index (χ0v) is 14.1. The van der Waals surface area contributed by atoms with Crippen molar-refractivity contribution in [2.24, 2.45) is 0 Å². The van der Waals surface area contributed by atoms with E-state index in [2.05, 4.69) is 5.92 Å². The molecule has 1 rings (SSSR count). The quantitative estimate of drug-likeness (QED) is 0.799. The molecule has 0 N–H and O–H groups in total. The molecule has 1 aromatic rings. The number of carbonyl (C=O) groups is 1. The number of hydrogen-bond acceptors (Lipinski definition) is 4. The van der Waals surface area contributed by atoms with Gasteiger partial charge in [0.05, 0.1) is 11.4 Å². The molecule has 0 aliphatic heterocycles. The summed E-state index contributed by atoms with van der Waals surface area (Å²) in [5.41, 5.74) is 0.125. The highest BCUT2D eigenvalue weighted by Gasteiger charge is 2.32. The van der Waals surface area contributed by atoms with Gasteiger partial charge in [0.15, 0.2) is 0 Å². The second-order valence-corrected chi connectivity index (χ2v) is 7.69. The first kappa shape index (κ1) is 18.1. The van der Waals surface area contributed by atoms with E-state index in [0.29, 0.717) is 4.31 Å². The van der Waals surface area contributed by atoms with Gasteiger partial charge in [0.2, 0.25) is 0 Å². The van der Waals surface area contributed by atoms with Gasteiger partial charge in [0, 0.05) is 6.42 Å². The molecule has 0 bridgehead atoms. The van der Waals surface area contributed by atoms with E-state index in [1.165, 1.54) is 12.1 Å². The zero-order valence-electron chi connectivity index (χ0n) is 13.3. The third-order valence-electron chi connectivity index (χ3n) is 2.67. The minimum absolute atomic E-state index is 0.0287. The molecule has 22 heavy (non-hydrogen) atoms. The van der Waals surface area contributed by atoms with E-state index >= 15 is 0 Å². The van der Waals surface area contributed by atoms with Gasteiger partial charge in [0.1, 0.15) is 5.60 Å². The van der Waals surface area contributed by atoms with Gasteiger partial charge < -0.3 is 4.74 Å². The molecule has 0 spiro atoms. The number of hydrogen-bond donors (Lipinski definition) is 0. The van der Waals surface area contributed by atoms with Crippen LogP contribution in [0, 0.1) is 19.3 Å². The summed E-state index contributed by atoms with van der Waals surface area (Å²) in [4.78, 5) is 12.2. The maximum atomic E-state index is 12.6. The fraction of sp³-hybridized carbons (Fsp3) is 0.438. The fourth-order valence-electron chi connectivity index (χ4n) is 1.63. The Balaban J connectivity index is 3.17. The molecule has 0 saturated carbocycles. The second-order valence-electron chi connectivity index (χ2n) is 5.82. The lowest BCUT2D eigenvalue weighted by atomic mass is 10.2. The first-order chi connectivity index (χ1) is 10.1. The van der Waals surface area contributed by atoms with Crippen molar-refractivity contribution in [3.8, 4) is 12.3 Å². The lowest BCUT2D eigenvalue weighted by Gasteiger charge is -2.26. The van der Waals surface area contributed by atoms with Gasteiger partial charge in [-0.1, -0.05) is 17.7 Å². The highest BCUT2D eigenvalue weighted by molar-refractivity contribution is 7.89. The van der Waals surface area contributed by atoms with Crippen molar-refractivity contribution in [3.05, 3.63) is 29.8 Å². The number of aryl methyl sites for hydroxylation is 1. The van der Waals surface area contributed by atoms with Gasteiger partial charge in [0.25, 0.3) is 10.0 Å². The molecule has 0 fully saturated rings. The van der Waals surface area contributed by atoms with Crippen LogP contribution in [0.5, 0.6) is 0 Å². The summed E-state index contributed by atoms with van der Waals surface area (Å²) in [6.45, 7) is 6.73. The Morgan fingerprint density at radius 1 is 1.27 bits per heavy atom. The van der Waals surface area contributed by atoms with Crippen molar-refractivity contribution in [2.45, 2.75) is 44.6 Å². The third-order valence-corrected chi connectivity index (χ3v) is 4.45. The van der Waals surface area contributed by atoms with Crippen molar-refractivity contribution >= 4 is 16.1 Å². The number of rotatable bonds is 4. The van der Waals surface area contributed by atoms with E-state index in [4.69, 9.17) is 11.2 Å². The van der Waals surface area contributed by atoms with Crippen LogP contribution in [0.25, 0.3) is 0 Å². The Bertz CT molecular complexity index is 664. The van der Waals surface area contributed by atoms with Gasteiger partial charge in [-0.2, -0.15) is 4.31 Å². The molecule has 5 nitrogen and oxygen atoms in total. The summed E-state index contributed by atoms with van der Waals surface area (Å²) in [5.74, 6) is 2.33. The average molecular weight is 323 g/mol. The van der Waals surface area contributed by atoms with Gasteiger partial charge in [-0.05, 0) is 39.8 Å². The number of sulfonamides is 1. The number of amides is 1. The first-order valence-corrected chi connectivity index (χ1v) is 8.28. The van der Waals surface area contributed by atoms with Gasteiger partial charge in [-0.3, -0.25) is 0 Å². The molecule has 0 saturated heterocycles. The SMILES string of the molecule is C#CCCN(C(=O)OC(C)(C)C)S(=O)(=O)c1ccc(C)cc1. The molecule has 6 heteroatoms. The van der Waals surface area contributed by atoms with Crippen molar-refractivity contribution < 1.29 is 17.9 Å². The van der Waals surface area contributed by atoms with Crippen molar-refractivity contribution in [1.29, 1.82) is 0 Å². The lowest BCUT2D eigenvalue weighted by Crippen LogP contribution is -2.41. The minimum Gasteiger partial charge on any atom is -0.443 e. The molecule has 0 aromatic heterocycles. The highest BCUT2D eigenvalue weighted by atomic mass is 32.2. The van der Waals surface area contributed by atoms with Crippen molar-refractivity contribution in [2.75, 3.05) is 6.54 Å². The molecule has 0 aliphatic carbocycles. The van der Waals surface area contributed by atoms with Crippen LogP contribution in [-0.2, 0) is 14.8 Å². The van der Waals surface area contributed by atoms with Crippen LogP contribution >= 0.6 is 0 Å².